The monoisotopic (exact) mass is 253 g/mol. The minimum Gasteiger partial charge on any atom is -0.253 e. The van der Waals surface area contributed by atoms with E-state index in [-0.39, 0.29) is 0 Å². The first kappa shape index (κ1) is 13.8. The Labute approximate surface area is 116 Å². The van der Waals surface area contributed by atoms with Crippen molar-refractivity contribution in [3.8, 4) is 11.3 Å². The highest BCUT2D eigenvalue weighted by Gasteiger charge is 2.11. The van der Waals surface area contributed by atoms with E-state index in [1.54, 1.807) is 0 Å². The molecule has 100 valence electrons. The second-order valence-electron chi connectivity index (χ2n) is 6.53. The number of nitrogens with zero attached hydrogens (tertiary/aromatic N) is 1. The first-order valence-electron chi connectivity index (χ1n) is 6.89. The van der Waals surface area contributed by atoms with Crippen LogP contribution in [0.3, 0.4) is 0 Å². The van der Waals surface area contributed by atoms with Gasteiger partial charge in [0.1, 0.15) is 0 Å². The van der Waals surface area contributed by atoms with E-state index in [4.69, 9.17) is 0 Å². The summed E-state index contributed by atoms with van der Waals surface area (Å²) in [6, 6.07) is 13.0. The molecule has 2 aromatic rings. The summed E-state index contributed by atoms with van der Waals surface area (Å²) < 4.78 is 0. The summed E-state index contributed by atoms with van der Waals surface area (Å²) in [4.78, 5) is 4.65. The summed E-state index contributed by atoms with van der Waals surface area (Å²) in [5.41, 5.74) is 6.33. The summed E-state index contributed by atoms with van der Waals surface area (Å²) in [5, 5.41) is 0. The van der Waals surface area contributed by atoms with E-state index in [0.29, 0.717) is 5.41 Å². The van der Waals surface area contributed by atoms with E-state index >= 15 is 0 Å². The molecule has 0 saturated carbocycles. The molecule has 0 radical (unpaired) electrons. The predicted molar refractivity (Wildman–Crippen MR) is 82.3 cm³/mol. The van der Waals surface area contributed by atoms with Gasteiger partial charge < -0.3 is 0 Å². The van der Waals surface area contributed by atoms with Crippen molar-refractivity contribution in [2.75, 3.05) is 0 Å². The third-order valence-electron chi connectivity index (χ3n) is 3.33. The number of hydrogen-bond donors (Lipinski definition) is 0. The van der Waals surface area contributed by atoms with Gasteiger partial charge in [0.05, 0.1) is 5.69 Å². The molecule has 0 fully saturated rings. The van der Waals surface area contributed by atoms with Gasteiger partial charge in [0.2, 0.25) is 0 Å². The molecule has 1 heterocycles. The van der Waals surface area contributed by atoms with Crippen molar-refractivity contribution in [1.82, 2.24) is 4.98 Å². The van der Waals surface area contributed by atoms with Gasteiger partial charge in [-0.2, -0.15) is 0 Å². The topological polar surface area (TPSA) is 12.9 Å². The fourth-order valence-electron chi connectivity index (χ4n) is 2.20. The smallest absolute Gasteiger partial charge is 0.0705 e. The van der Waals surface area contributed by atoms with E-state index in [1.165, 1.54) is 16.7 Å². The van der Waals surface area contributed by atoms with Crippen molar-refractivity contribution in [3.05, 3.63) is 53.2 Å². The fourth-order valence-corrected chi connectivity index (χ4v) is 2.20. The van der Waals surface area contributed by atoms with Gasteiger partial charge in [-0.25, -0.2) is 0 Å². The second-order valence-corrected chi connectivity index (χ2v) is 6.53. The molecule has 0 aliphatic rings. The Balaban J connectivity index is 2.25. The Kier molecular flexibility index (Phi) is 3.75. The maximum Gasteiger partial charge on any atom is 0.0705 e. The number of rotatable bonds is 2. The van der Waals surface area contributed by atoms with Gasteiger partial charge >= 0.3 is 0 Å². The average Bonchev–Trinajstić information content (AvgIpc) is 2.32. The quantitative estimate of drug-likeness (QED) is 0.737. The second kappa shape index (κ2) is 5.16. The van der Waals surface area contributed by atoms with Crippen LogP contribution in [-0.2, 0) is 6.42 Å². The largest absolute Gasteiger partial charge is 0.253 e. The first-order valence-corrected chi connectivity index (χ1v) is 6.89. The lowest BCUT2D eigenvalue weighted by Gasteiger charge is -2.18. The molecule has 0 spiro atoms. The van der Waals surface area contributed by atoms with Crippen LogP contribution in [-0.4, -0.2) is 4.98 Å². The van der Waals surface area contributed by atoms with Crippen LogP contribution >= 0.6 is 0 Å². The molecule has 0 aliphatic carbocycles. The molecule has 1 nitrogen and oxygen atoms in total. The van der Waals surface area contributed by atoms with Crippen molar-refractivity contribution in [2.24, 2.45) is 5.41 Å². The summed E-state index contributed by atoms with van der Waals surface area (Å²) in [6.07, 6.45) is 1.10. The fraction of sp³-hybridized carbons (Fsp3) is 0.389. The molecule has 1 heteroatoms. The Morgan fingerprint density at radius 2 is 1.53 bits per heavy atom. The summed E-state index contributed by atoms with van der Waals surface area (Å²) in [6.45, 7) is 11.0. The lowest BCUT2D eigenvalue weighted by molar-refractivity contribution is 0.411. The molecular weight excluding hydrogens is 230 g/mol. The summed E-state index contributed by atoms with van der Waals surface area (Å²) >= 11 is 0. The van der Waals surface area contributed by atoms with Crippen LogP contribution in [0.15, 0.2) is 36.4 Å². The molecule has 0 saturated heterocycles. The third kappa shape index (κ3) is 3.66. The third-order valence-corrected chi connectivity index (χ3v) is 3.33. The molecule has 0 aliphatic heterocycles. The number of hydrogen-bond acceptors (Lipinski definition) is 1. The zero-order chi connectivity index (χ0) is 14.0. The van der Waals surface area contributed by atoms with Gasteiger partial charge in [0, 0.05) is 11.3 Å². The number of aromatic nitrogens is 1. The summed E-state index contributed by atoms with van der Waals surface area (Å²) in [7, 11) is 0. The molecule has 0 amide bonds. The van der Waals surface area contributed by atoms with Crippen LogP contribution in [0.25, 0.3) is 11.3 Å². The lowest BCUT2D eigenvalue weighted by Crippen LogP contribution is -2.08. The predicted octanol–water partition coefficient (Wildman–Crippen LogP) is 4.95. The standard InChI is InChI=1S/C18H23N/c1-13-6-11-17(19-14(13)2)16-9-7-15(8-10-16)12-18(3,4)5/h6-11H,12H2,1-5H3. The Morgan fingerprint density at radius 3 is 2.05 bits per heavy atom. The molecule has 2 rings (SSSR count). The first-order chi connectivity index (χ1) is 8.85. The van der Waals surface area contributed by atoms with Crippen molar-refractivity contribution < 1.29 is 0 Å². The zero-order valence-electron chi connectivity index (χ0n) is 12.6. The van der Waals surface area contributed by atoms with Gasteiger partial charge in [-0.05, 0) is 42.9 Å². The molecule has 0 bridgehead atoms. The molecule has 0 atom stereocenters. The van der Waals surface area contributed by atoms with E-state index in [1.807, 2.05) is 0 Å². The van der Waals surface area contributed by atoms with Gasteiger partial charge in [-0.1, -0.05) is 51.1 Å². The zero-order valence-corrected chi connectivity index (χ0v) is 12.6. The molecule has 19 heavy (non-hydrogen) atoms. The minimum atomic E-state index is 0.334. The molecular formula is C18H23N. The van der Waals surface area contributed by atoms with Gasteiger partial charge in [0.15, 0.2) is 0 Å². The minimum absolute atomic E-state index is 0.334. The molecule has 0 N–H and O–H groups in total. The number of benzene rings is 1. The van der Waals surface area contributed by atoms with E-state index in [2.05, 4.69) is 76.0 Å². The highest BCUT2D eigenvalue weighted by atomic mass is 14.7. The maximum atomic E-state index is 4.65. The highest BCUT2D eigenvalue weighted by Crippen LogP contribution is 2.23. The van der Waals surface area contributed by atoms with Crippen LogP contribution in [0.1, 0.15) is 37.6 Å². The average molecular weight is 253 g/mol. The van der Waals surface area contributed by atoms with E-state index in [9.17, 15) is 0 Å². The summed E-state index contributed by atoms with van der Waals surface area (Å²) in [5.74, 6) is 0. The van der Waals surface area contributed by atoms with Crippen LogP contribution < -0.4 is 0 Å². The van der Waals surface area contributed by atoms with Crippen LogP contribution in [0.4, 0.5) is 0 Å². The Hall–Kier alpha value is -1.63. The van der Waals surface area contributed by atoms with Crippen LogP contribution in [0, 0.1) is 19.3 Å². The molecule has 0 unspecified atom stereocenters. The number of pyridine rings is 1. The van der Waals surface area contributed by atoms with E-state index in [0.717, 1.165) is 17.8 Å². The Morgan fingerprint density at radius 1 is 0.895 bits per heavy atom. The highest BCUT2D eigenvalue weighted by molar-refractivity contribution is 5.60. The van der Waals surface area contributed by atoms with Crippen molar-refractivity contribution in [3.63, 3.8) is 0 Å². The van der Waals surface area contributed by atoms with E-state index < -0.39 is 0 Å². The number of aryl methyl sites for hydroxylation is 2. The van der Waals surface area contributed by atoms with Crippen molar-refractivity contribution in [1.29, 1.82) is 0 Å². The molecule has 1 aromatic carbocycles. The lowest BCUT2D eigenvalue weighted by atomic mass is 9.88. The van der Waals surface area contributed by atoms with Crippen molar-refractivity contribution >= 4 is 0 Å². The normalized spacial score (nSPS) is 11.6. The van der Waals surface area contributed by atoms with Crippen LogP contribution in [0.2, 0.25) is 0 Å². The Bertz CT molecular complexity index is 559. The van der Waals surface area contributed by atoms with Crippen LogP contribution in [0.5, 0.6) is 0 Å². The SMILES string of the molecule is Cc1ccc(-c2ccc(CC(C)(C)C)cc2)nc1C. The van der Waals surface area contributed by atoms with Gasteiger partial charge in [0.25, 0.3) is 0 Å². The van der Waals surface area contributed by atoms with Gasteiger partial charge in [-0.3, -0.25) is 4.98 Å². The van der Waals surface area contributed by atoms with Gasteiger partial charge in [-0.15, -0.1) is 0 Å². The maximum absolute atomic E-state index is 4.65. The van der Waals surface area contributed by atoms with Crippen molar-refractivity contribution in [2.45, 2.75) is 41.0 Å². The molecule has 1 aromatic heterocycles.